The second-order valence-corrected chi connectivity index (χ2v) is 3.12. The van der Waals surface area contributed by atoms with Gasteiger partial charge in [-0.1, -0.05) is 39.5 Å². The fourth-order valence-electron chi connectivity index (χ4n) is 0.686. The smallest absolute Gasteiger partial charge is 0 e. The normalized spacial score (nSPS) is 4.93. The second kappa shape index (κ2) is 84.1. The molecule has 0 aliphatic rings. The fourth-order valence-corrected chi connectivity index (χ4v) is 0.686. The van der Waals surface area contributed by atoms with E-state index in [2.05, 4.69) is 10.6 Å². The van der Waals surface area contributed by atoms with Gasteiger partial charge in [-0.2, -0.15) is 0 Å². The minimum absolute atomic E-state index is 0. The molecule has 0 aromatic heterocycles. The Labute approximate surface area is 343 Å². The maximum absolute atomic E-state index is 8.20. The van der Waals surface area contributed by atoms with Gasteiger partial charge in [-0.15, -0.1) is 13.1 Å². The molecule has 0 atom stereocenters. The van der Waals surface area contributed by atoms with Crippen molar-refractivity contribution in [2.75, 3.05) is 13.1 Å². The van der Waals surface area contributed by atoms with Gasteiger partial charge in [0.05, 0.1) is 0 Å². The molecule has 6 nitrogen and oxygen atoms in total. The van der Waals surface area contributed by atoms with E-state index in [1.165, 1.54) is 0 Å². The second-order valence-electron chi connectivity index (χ2n) is 3.12. The van der Waals surface area contributed by atoms with Gasteiger partial charge in [-0.25, -0.2) is 0 Å². The number of rotatable bonds is 6. The Balaban J connectivity index is -0.00000000817. The monoisotopic (exact) mass is 2430 g/mol. The predicted molar refractivity (Wildman–Crippen MR) is 71.6 cm³/mol. The molecule has 0 saturated heterocycles. The van der Waals surface area contributed by atoms with E-state index in [1.807, 2.05) is 13.8 Å². The largest absolute Gasteiger partial charge is 0.845 e. The Kier molecular flexibility index (Phi) is 276. The molecule has 18 heteroatoms. The summed E-state index contributed by atoms with van der Waals surface area (Å²) >= 11 is 0. The van der Waals surface area contributed by atoms with E-state index in [0.29, 0.717) is 13.1 Å². The molecule has 0 aliphatic heterocycles. The van der Waals surface area contributed by atoms with E-state index >= 15 is 0 Å². The summed E-state index contributed by atoms with van der Waals surface area (Å²) in [5.41, 5.74) is 12.9. The van der Waals surface area contributed by atoms with Gasteiger partial charge in [0.25, 0.3) is 0 Å². The summed E-state index contributed by atoms with van der Waals surface area (Å²) in [6, 6.07) is 0. The summed E-state index contributed by atoms with van der Waals surface area (Å²) < 4.78 is 0. The SMILES string of the molecule is CCCC[N-]C(=[N-])[NH-].CCCC[N-]C(=[N-])[NH-].[W].[W].[W].[W].[W].[W].[W].[W].[W].[W].[W].[W]. The van der Waals surface area contributed by atoms with Crippen molar-refractivity contribution in [2.24, 2.45) is 0 Å². The zero-order chi connectivity index (χ0) is 12.8. The predicted octanol–water partition coefficient (Wildman–Crippen LogP) is 4.25. The van der Waals surface area contributed by atoms with E-state index in [-0.39, 0.29) is 253 Å². The summed E-state index contributed by atoms with van der Waals surface area (Å²) in [7, 11) is 0. The molecule has 28 heavy (non-hydrogen) atoms. The molecule has 0 aliphatic carbocycles. The summed E-state index contributed by atoms with van der Waals surface area (Å²) in [5.74, 6) is -1.11. The molecule has 0 aromatic carbocycles. The number of guanidine groups is 2. The van der Waals surface area contributed by atoms with E-state index in [4.69, 9.17) is 22.3 Å². The molecule has 0 rings (SSSR count). The van der Waals surface area contributed by atoms with Crippen LogP contribution in [0.5, 0.6) is 0 Å². The van der Waals surface area contributed by atoms with Gasteiger partial charge in [0.15, 0.2) is 0 Å². The molecule has 0 fully saturated rings. The third-order valence-electron chi connectivity index (χ3n) is 1.55. The third kappa shape index (κ3) is 118. The average Bonchev–Trinajstić information content (AvgIpc) is 2.18. The van der Waals surface area contributed by atoms with Crippen molar-refractivity contribution >= 4 is 11.9 Å². The first-order valence-electron chi connectivity index (χ1n) is 5.44. The van der Waals surface area contributed by atoms with Crippen LogP contribution in [0.3, 0.4) is 0 Å². The minimum atomic E-state index is -0.557. The van der Waals surface area contributed by atoms with Crippen LogP contribution in [0.4, 0.5) is 0 Å². The molecule has 0 aromatic rings. The van der Waals surface area contributed by atoms with Crippen molar-refractivity contribution in [2.45, 2.75) is 39.5 Å². The van der Waals surface area contributed by atoms with E-state index in [0.717, 1.165) is 25.7 Å². The number of hydrogen-bond donors (Lipinski definition) is 0. The molecule has 0 radical (unpaired) electrons. The van der Waals surface area contributed by atoms with Crippen molar-refractivity contribution in [1.82, 2.24) is 0 Å². The van der Waals surface area contributed by atoms with Gasteiger partial charge in [0.1, 0.15) is 0 Å². The van der Waals surface area contributed by atoms with E-state index in [9.17, 15) is 0 Å². The molecular weight excluding hydrogens is 2410 g/mol. The van der Waals surface area contributed by atoms with E-state index in [1.54, 1.807) is 0 Å². The van der Waals surface area contributed by atoms with Crippen LogP contribution in [0.25, 0.3) is 32.9 Å². The first kappa shape index (κ1) is 91.9. The first-order valence-corrected chi connectivity index (χ1v) is 5.44. The Hall–Kier alpha value is 6.80. The summed E-state index contributed by atoms with van der Waals surface area (Å²) in [4.78, 5) is 0. The molecule has 0 saturated carbocycles. The number of hydrogen-bond acceptors (Lipinski definition) is 0. The molecule has 0 bridgehead atoms. The van der Waals surface area contributed by atoms with Gasteiger partial charge >= 0.3 is 0 Å². The fraction of sp³-hybridized carbons (Fsp3) is 0.800. The molecule has 0 heterocycles. The standard InChI is InChI=1S/2C5H10N3.12W/c2*1-2-3-4-8-5(6)7;;;;;;;;;;;;/h2*2-4H2,1H3,(H-3,6,7,8);;;;;;;;;;;;/q2*-3;;;;;;;;;;;;. The molecular formula is C10H20N6W12-6. The summed E-state index contributed by atoms with van der Waals surface area (Å²) in [6.45, 7) is 5.23. The molecule has 0 unspecified atom stereocenters. The zero-order valence-corrected chi connectivity index (χ0v) is 50.1. The van der Waals surface area contributed by atoms with Crippen molar-refractivity contribution in [3.05, 3.63) is 32.9 Å². The minimum Gasteiger partial charge on any atom is -0.845 e. The van der Waals surface area contributed by atoms with Crippen LogP contribution >= 0.6 is 0 Å². The Morgan fingerprint density at radius 2 is 0.714 bits per heavy atom. The average molecular weight is 2430 g/mol. The van der Waals surface area contributed by atoms with Crippen molar-refractivity contribution in [1.29, 1.82) is 0 Å². The van der Waals surface area contributed by atoms with Crippen LogP contribution in [-0.4, -0.2) is 25.0 Å². The zero-order valence-electron chi connectivity index (χ0n) is 14.9. The Morgan fingerprint density at radius 3 is 0.821 bits per heavy atom. The summed E-state index contributed by atoms with van der Waals surface area (Å²) in [6.07, 6.45) is 4.00. The van der Waals surface area contributed by atoms with E-state index < -0.39 is 11.9 Å². The molecule has 0 spiro atoms. The van der Waals surface area contributed by atoms with Gasteiger partial charge in [-0.05, 0) is 0 Å². The van der Waals surface area contributed by atoms with Crippen molar-refractivity contribution in [3.63, 3.8) is 0 Å². The number of unbranched alkanes of at least 4 members (excludes halogenated alkanes) is 2. The first-order chi connectivity index (χ1) is 7.54. The van der Waals surface area contributed by atoms with Crippen LogP contribution in [0.15, 0.2) is 0 Å². The van der Waals surface area contributed by atoms with Crippen LogP contribution in [0.2, 0.25) is 0 Å². The number of nitrogens with one attached hydrogen (secondary N) is 2. The maximum atomic E-state index is 8.20. The van der Waals surface area contributed by atoms with Crippen LogP contribution in [-0.2, 0) is 253 Å². The Bertz CT molecular complexity index is 188. The Morgan fingerprint density at radius 1 is 0.536 bits per heavy atom. The van der Waals surface area contributed by atoms with Gasteiger partial charge < -0.3 is 44.8 Å². The molecule has 2 N–H and O–H groups in total. The summed E-state index contributed by atoms with van der Waals surface area (Å²) in [5, 5.41) is 23.3. The van der Waals surface area contributed by atoms with Crippen molar-refractivity contribution < 1.29 is 253 Å². The van der Waals surface area contributed by atoms with Crippen LogP contribution in [0, 0.1) is 0 Å². The van der Waals surface area contributed by atoms with Gasteiger partial charge in [-0.3, -0.25) is 0 Å². The topological polar surface area (TPSA) is 120 Å². The maximum Gasteiger partial charge on any atom is 0 e. The number of nitrogens with zero attached hydrogens (tertiary/aromatic N) is 4. The van der Waals surface area contributed by atoms with Gasteiger partial charge in [0, 0.05) is 253 Å². The van der Waals surface area contributed by atoms with Crippen molar-refractivity contribution in [3.8, 4) is 0 Å². The van der Waals surface area contributed by atoms with Crippen LogP contribution < -0.4 is 0 Å². The molecule has 0 amide bonds. The molecule has 168 valence electrons. The van der Waals surface area contributed by atoms with Crippen LogP contribution in [0.1, 0.15) is 39.5 Å². The van der Waals surface area contributed by atoms with Gasteiger partial charge in [0.2, 0.25) is 0 Å². The third-order valence-corrected chi connectivity index (χ3v) is 1.55. The quantitative estimate of drug-likeness (QED) is 0.215.